The second-order valence-corrected chi connectivity index (χ2v) is 9.64. The van der Waals surface area contributed by atoms with Crippen LogP contribution in [0.1, 0.15) is 22.3 Å². The highest BCUT2D eigenvalue weighted by Gasteiger charge is 2.69. The number of phenols is 1. The highest BCUT2D eigenvalue weighted by atomic mass is 35.5. The van der Waals surface area contributed by atoms with E-state index in [0.29, 0.717) is 11.3 Å². The van der Waals surface area contributed by atoms with Crippen LogP contribution in [0, 0.1) is 23.7 Å². The van der Waals surface area contributed by atoms with Gasteiger partial charge in [0.2, 0.25) is 5.91 Å². The molecule has 4 N–H and O–H groups in total. The summed E-state index contributed by atoms with van der Waals surface area (Å²) in [7, 11) is 6.69. The fourth-order valence-corrected chi connectivity index (χ4v) is 6.01. The van der Waals surface area contributed by atoms with E-state index in [1.54, 1.807) is 39.2 Å². The van der Waals surface area contributed by atoms with Gasteiger partial charge in [-0.3, -0.25) is 28.9 Å². The Morgan fingerprint density at radius 3 is 2.24 bits per heavy atom. The number of benzene rings is 1. The zero-order valence-electron chi connectivity index (χ0n) is 19.3. The van der Waals surface area contributed by atoms with Crippen molar-refractivity contribution in [3.05, 3.63) is 23.3 Å². The summed E-state index contributed by atoms with van der Waals surface area (Å²) in [6, 6.07) is 1.94. The van der Waals surface area contributed by atoms with Crippen LogP contribution in [0.4, 0.5) is 5.69 Å². The topological polar surface area (TPSA) is 158 Å². The van der Waals surface area contributed by atoms with E-state index in [1.165, 1.54) is 11.0 Å². The highest BCUT2D eigenvalue weighted by molar-refractivity contribution is 6.32. The first-order valence-electron chi connectivity index (χ1n) is 10.7. The van der Waals surface area contributed by atoms with Crippen LogP contribution in [0.3, 0.4) is 0 Å². The van der Waals surface area contributed by atoms with Crippen molar-refractivity contribution in [1.29, 1.82) is 0 Å². The van der Waals surface area contributed by atoms with E-state index in [2.05, 4.69) is 0 Å². The number of carbonyl (C=O) groups is 5. The predicted octanol–water partition coefficient (Wildman–Crippen LogP) is -0.645. The van der Waals surface area contributed by atoms with E-state index in [4.69, 9.17) is 5.73 Å². The maximum Gasteiger partial charge on any atom is 0.235 e. The second-order valence-electron chi connectivity index (χ2n) is 9.64. The number of hydrogen-bond donors (Lipinski definition) is 3. The van der Waals surface area contributed by atoms with Gasteiger partial charge in [-0.15, -0.1) is 12.4 Å². The van der Waals surface area contributed by atoms with Crippen LogP contribution in [0.5, 0.6) is 5.75 Å². The van der Waals surface area contributed by atoms with Gasteiger partial charge in [-0.1, -0.05) is 0 Å². The number of likely N-dealkylation sites (N-methyl/N-ethyl adjacent to an activating group) is 1. The summed E-state index contributed by atoms with van der Waals surface area (Å²) >= 11 is 0. The van der Waals surface area contributed by atoms with Crippen LogP contribution >= 0.6 is 12.4 Å². The Bertz CT molecular complexity index is 1120. The molecule has 10 nitrogen and oxygen atoms in total. The molecule has 0 heterocycles. The van der Waals surface area contributed by atoms with Crippen LogP contribution in [0.15, 0.2) is 12.1 Å². The molecule has 3 aliphatic rings. The molecule has 0 spiro atoms. The van der Waals surface area contributed by atoms with Crippen LogP contribution in [-0.4, -0.2) is 84.0 Å². The molecule has 0 aromatic heterocycles. The standard InChI is InChI=1S/C23H27N3O7.ClH/c1-25(2)12-5-6-13(27)15-10(12)7-9-8-11-17(26(3)4)19(29)16(22(24)32)21(31)23(11,33)20(30)14(9)18(15)28;/h5-6,9,11,14,16-17,27,33H,7-8H2,1-4H3,(H2,24,32);1H/t9-,11-,14?,16?,17-,23-;/m0./s1. The van der Waals surface area contributed by atoms with Gasteiger partial charge >= 0.3 is 0 Å². The minimum atomic E-state index is -2.70. The third kappa shape index (κ3) is 3.27. The number of fused-ring (bicyclic) bond motifs is 3. The molecule has 11 heteroatoms. The van der Waals surface area contributed by atoms with E-state index < -0.39 is 64.4 Å². The summed E-state index contributed by atoms with van der Waals surface area (Å²) in [5.74, 6) is -10.3. The Morgan fingerprint density at radius 2 is 1.71 bits per heavy atom. The third-order valence-electron chi connectivity index (χ3n) is 7.40. The van der Waals surface area contributed by atoms with Crippen LogP contribution in [0.2, 0.25) is 0 Å². The molecule has 6 atom stereocenters. The first-order chi connectivity index (χ1) is 15.3. The molecule has 0 radical (unpaired) electrons. The molecular weight excluding hydrogens is 466 g/mol. The molecule has 2 saturated carbocycles. The molecule has 1 aromatic rings. The summed E-state index contributed by atoms with van der Waals surface area (Å²) in [6.07, 6.45) is 0.278. The lowest BCUT2D eigenvalue weighted by molar-refractivity contribution is -0.181. The maximum atomic E-state index is 13.7. The molecule has 1 amide bonds. The molecule has 0 saturated heterocycles. The number of ketones is 4. The number of primary amides is 1. The molecule has 184 valence electrons. The summed E-state index contributed by atoms with van der Waals surface area (Å²) < 4.78 is 0. The monoisotopic (exact) mass is 493 g/mol. The quantitative estimate of drug-likeness (QED) is 0.465. The Labute approximate surface area is 202 Å². The van der Waals surface area contributed by atoms with Gasteiger partial charge in [0.15, 0.2) is 34.7 Å². The Balaban J connectivity index is 0.00000324. The number of phenolic OH excluding ortho intramolecular Hbond substituents is 1. The fourth-order valence-electron chi connectivity index (χ4n) is 6.01. The van der Waals surface area contributed by atoms with Gasteiger partial charge in [0.05, 0.1) is 17.5 Å². The lowest BCUT2D eigenvalue weighted by Gasteiger charge is -2.52. The molecular formula is C23H28ClN3O7. The van der Waals surface area contributed by atoms with Gasteiger partial charge in [0, 0.05) is 25.7 Å². The largest absolute Gasteiger partial charge is 0.507 e. The number of rotatable bonds is 3. The van der Waals surface area contributed by atoms with Crippen LogP contribution in [-0.2, 0) is 25.6 Å². The van der Waals surface area contributed by atoms with Crippen molar-refractivity contribution in [1.82, 2.24) is 4.90 Å². The molecule has 2 unspecified atom stereocenters. The summed E-state index contributed by atoms with van der Waals surface area (Å²) in [6.45, 7) is 0. The SMILES string of the molecule is CN(C)c1ccc(O)c2c1C[C@H]1C[C@H]3[C@H](N(C)C)C(=O)C(C(N)=O)C(=O)[C@@]3(O)C(=O)C1C2=O.Cl. The maximum absolute atomic E-state index is 13.7. The van der Waals surface area contributed by atoms with Gasteiger partial charge < -0.3 is 20.8 Å². The van der Waals surface area contributed by atoms with Gasteiger partial charge in [-0.05, 0) is 50.6 Å². The number of aromatic hydroxyl groups is 1. The Kier molecular flexibility index (Phi) is 6.40. The molecule has 0 aliphatic heterocycles. The molecule has 0 bridgehead atoms. The van der Waals surface area contributed by atoms with E-state index in [-0.39, 0.29) is 36.6 Å². The van der Waals surface area contributed by atoms with Crippen molar-refractivity contribution in [2.24, 2.45) is 29.4 Å². The van der Waals surface area contributed by atoms with Crippen molar-refractivity contribution in [3.63, 3.8) is 0 Å². The van der Waals surface area contributed by atoms with E-state index in [1.807, 2.05) is 0 Å². The molecule has 2 fully saturated rings. The number of nitrogens with two attached hydrogens (primary N) is 1. The van der Waals surface area contributed by atoms with Crippen LogP contribution < -0.4 is 10.6 Å². The number of carbonyl (C=O) groups excluding carboxylic acids is 5. The predicted molar refractivity (Wildman–Crippen MR) is 123 cm³/mol. The highest BCUT2D eigenvalue weighted by Crippen LogP contribution is 2.51. The average Bonchev–Trinajstić information content (AvgIpc) is 2.70. The average molecular weight is 494 g/mol. The number of Topliss-reactive ketones (excluding diaryl/α,β-unsaturated/α-hetero) is 4. The fraction of sp³-hybridized carbons (Fsp3) is 0.522. The molecule has 3 aliphatic carbocycles. The normalized spacial score (nSPS) is 32.5. The zero-order valence-corrected chi connectivity index (χ0v) is 20.1. The summed E-state index contributed by atoms with van der Waals surface area (Å²) in [5.41, 5.74) is 3.87. The van der Waals surface area contributed by atoms with Gasteiger partial charge in [-0.25, -0.2) is 0 Å². The van der Waals surface area contributed by atoms with E-state index >= 15 is 0 Å². The third-order valence-corrected chi connectivity index (χ3v) is 7.40. The number of halogens is 1. The number of anilines is 1. The van der Waals surface area contributed by atoms with Crippen molar-refractivity contribution in [2.75, 3.05) is 33.1 Å². The van der Waals surface area contributed by atoms with Crippen molar-refractivity contribution in [3.8, 4) is 5.75 Å². The Morgan fingerprint density at radius 1 is 1.09 bits per heavy atom. The van der Waals surface area contributed by atoms with E-state index in [9.17, 15) is 34.2 Å². The molecule has 4 rings (SSSR count). The first kappa shape index (κ1) is 25.8. The van der Waals surface area contributed by atoms with Gasteiger partial charge in [0.1, 0.15) is 5.75 Å². The van der Waals surface area contributed by atoms with Crippen molar-refractivity contribution in [2.45, 2.75) is 24.5 Å². The lowest BCUT2D eigenvalue weighted by atomic mass is 9.52. The number of aliphatic hydroxyl groups is 1. The first-order valence-corrected chi connectivity index (χ1v) is 10.7. The number of amides is 1. The molecule has 34 heavy (non-hydrogen) atoms. The number of hydrogen-bond acceptors (Lipinski definition) is 9. The second kappa shape index (κ2) is 8.44. The van der Waals surface area contributed by atoms with Gasteiger partial charge in [-0.2, -0.15) is 0 Å². The summed E-state index contributed by atoms with van der Waals surface area (Å²) in [4.78, 5) is 68.6. The number of nitrogens with zero attached hydrogens (tertiary/aromatic N) is 2. The molecule has 1 aromatic carbocycles. The smallest absolute Gasteiger partial charge is 0.235 e. The van der Waals surface area contributed by atoms with Crippen molar-refractivity contribution >= 4 is 47.1 Å². The van der Waals surface area contributed by atoms with Crippen molar-refractivity contribution < 1.29 is 34.2 Å². The Hall–Kier alpha value is -2.82. The zero-order chi connectivity index (χ0) is 24.6. The minimum absolute atomic E-state index is 0. The minimum Gasteiger partial charge on any atom is -0.507 e. The van der Waals surface area contributed by atoms with E-state index in [0.717, 1.165) is 0 Å². The van der Waals surface area contributed by atoms with Gasteiger partial charge in [0.25, 0.3) is 0 Å². The summed E-state index contributed by atoms with van der Waals surface area (Å²) in [5, 5.41) is 21.9. The lowest BCUT2D eigenvalue weighted by Crippen LogP contribution is -2.74. The van der Waals surface area contributed by atoms with Crippen LogP contribution in [0.25, 0.3) is 0 Å².